The van der Waals surface area contributed by atoms with E-state index < -0.39 is 11.9 Å². The van der Waals surface area contributed by atoms with Crippen LogP contribution in [0.5, 0.6) is 5.75 Å². The molecule has 0 saturated heterocycles. The Morgan fingerprint density at radius 2 is 1.68 bits per heavy atom. The molecule has 0 amide bonds. The maximum absolute atomic E-state index is 11.9. The predicted octanol–water partition coefficient (Wildman–Crippen LogP) is 3.54. The van der Waals surface area contributed by atoms with Crippen molar-refractivity contribution in [2.45, 2.75) is 13.5 Å². The summed E-state index contributed by atoms with van der Waals surface area (Å²) in [6.07, 6.45) is 2.67. The number of ether oxygens (including phenoxy) is 3. The van der Waals surface area contributed by atoms with Crippen LogP contribution in [0.25, 0.3) is 0 Å². The summed E-state index contributed by atoms with van der Waals surface area (Å²) in [4.78, 5) is 23.0. The number of carbonyl (C=O) groups excluding carboxylic acids is 2. The highest BCUT2D eigenvalue weighted by Crippen LogP contribution is 2.15. The average Bonchev–Trinajstić information content (AvgIpc) is 2.65. The lowest BCUT2D eigenvalue weighted by molar-refractivity contribution is -0.137. The van der Waals surface area contributed by atoms with E-state index in [0.29, 0.717) is 24.5 Å². The van der Waals surface area contributed by atoms with E-state index in [1.165, 1.54) is 12.2 Å². The SMILES string of the molecule is CCOC(=O)/C=C/COC(=O)c1ccc(OCc2ccccc2)cc1. The monoisotopic (exact) mass is 340 g/mol. The fraction of sp³-hybridized carbons (Fsp3) is 0.200. The first-order valence-electron chi connectivity index (χ1n) is 7.96. The van der Waals surface area contributed by atoms with Gasteiger partial charge in [0.25, 0.3) is 0 Å². The van der Waals surface area contributed by atoms with Gasteiger partial charge in [-0.2, -0.15) is 0 Å². The van der Waals surface area contributed by atoms with Crippen LogP contribution in [0.4, 0.5) is 0 Å². The van der Waals surface area contributed by atoms with Crippen molar-refractivity contribution in [3.05, 3.63) is 77.9 Å². The Labute approximate surface area is 146 Å². The van der Waals surface area contributed by atoms with Gasteiger partial charge in [-0.15, -0.1) is 0 Å². The zero-order valence-electron chi connectivity index (χ0n) is 14.0. The van der Waals surface area contributed by atoms with Crippen molar-refractivity contribution >= 4 is 11.9 Å². The molecular weight excluding hydrogens is 320 g/mol. The Morgan fingerprint density at radius 3 is 2.36 bits per heavy atom. The van der Waals surface area contributed by atoms with Crippen LogP contribution in [0.3, 0.4) is 0 Å². The van der Waals surface area contributed by atoms with Gasteiger partial charge in [0, 0.05) is 6.08 Å². The smallest absolute Gasteiger partial charge is 0.338 e. The summed E-state index contributed by atoms with van der Waals surface area (Å²) in [6, 6.07) is 16.5. The second-order valence-electron chi connectivity index (χ2n) is 5.05. The van der Waals surface area contributed by atoms with Crippen LogP contribution in [0.15, 0.2) is 66.7 Å². The van der Waals surface area contributed by atoms with E-state index in [9.17, 15) is 9.59 Å². The third-order valence-electron chi connectivity index (χ3n) is 3.19. The summed E-state index contributed by atoms with van der Waals surface area (Å²) in [7, 11) is 0. The summed E-state index contributed by atoms with van der Waals surface area (Å²) in [5.74, 6) is -0.260. The van der Waals surface area contributed by atoms with E-state index in [2.05, 4.69) is 0 Å². The maximum atomic E-state index is 11.9. The Kier molecular flexibility index (Phi) is 7.25. The largest absolute Gasteiger partial charge is 0.489 e. The molecule has 0 aliphatic heterocycles. The van der Waals surface area contributed by atoms with Crippen molar-refractivity contribution in [2.75, 3.05) is 13.2 Å². The van der Waals surface area contributed by atoms with Gasteiger partial charge >= 0.3 is 11.9 Å². The Balaban J connectivity index is 1.78. The van der Waals surface area contributed by atoms with Crippen molar-refractivity contribution in [3.63, 3.8) is 0 Å². The van der Waals surface area contributed by atoms with Gasteiger partial charge in [0.15, 0.2) is 0 Å². The molecule has 0 spiro atoms. The lowest BCUT2D eigenvalue weighted by Gasteiger charge is -2.07. The highest BCUT2D eigenvalue weighted by atomic mass is 16.5. The summed E-state index contributed by atoms with van der Waals surface area (Å²) in [6.45, 7) is 2.49. The molecule has 0 saturated carbocycles. The molecule has 0 heterocycles. The van der Waals surface area contributed by atoms with E-state index >= 15 is 0 Å². The molecule has 0 unspecified atom stereocenters. The molecule has 130 valence electrons. The molecule has 0 aliphatic rings. The van der Waals surface area contributed by atoms with E-state index in [-0.39, 0.29) is 6.61 Å². The van der Waals surface area contributed by atoms with Crippen molar-refractivity contribution < 1.29 is 23.8 Å². The van der Waals surface area contributed by atoms with Crippen LogP contribution in [-0.4, -0.2) is 25.2 Å². The van der Waals surface area contributed by atoms with E-state index in [0.717, 1.165) is 5.56 Å². The Hall–Kier alpha value is -3.08. The second-order valence-corrected chi connectivity index (χ2v) is 5.05. The normalized spacial score (nSPS) is 10.4. The van der Waals surface area contributed by atoms with Crippen LogP contribution in [-0.2, 0) is 20.9 Å². The number of carbonyl (C=O) groups is 2. The molecule has 25 heavy (non-hydrogen) atoms. The molecule has 0 N–H and O–H groups in total. The molecule has 0 fully saturated rings. The maximum Gasteiger partial charge on any atom is 0.338 e. The summed E-state index contributed by atoms with van der Waals surface area (Å²) in [5.41, 5.74) is 1.48. The molecule has 0 atom stereocenters. The Morgan fingerprint density at radius 1 is 0.960 bits per heavy atom. The van der Waals surface area contributed by atoms with E-state index in [1.807, 2.05) is 30.3 Å². The average molecular weight is 340 g/mol. The fourth-order valence-corrected chi connectivity index (χ4v) is 1.97. The molecule has 0 aromatic heterocycles. The quantitative estimate of drug-likeness (QED) is 0.543. The highest BCUT2D eigenvalue weighted by Gasteiger charge is 2.06. The van der Waals surface area contributed by atoms with Gasteiger partial charge in [0.05, 0.1) is 12.2 Å². The molecule has 5 nitrogen and oxygen atoms in total. The summed E-state index contributed by atoms with van der Waals surface area (Å²) < 4.78 is 15.4. The zero-order valence-corrected chi connectivity index (χ0v) is 14.0. The van der Waals surface area contributed by atoms with E-state index in [4.69, 9.17) is 14.2 Å². The molecule has 2 aromatic carbocycles. The van der Waals surface area contributed by atoms with Crippen molar-refractivity contribution in [3.8, 4) is 5.75 Å². The van der Waals surface area contributed by atoms with Crippen LogP contribution < -0.4 is 4.74 Å². The molecule has 0 bridgehead atoms. The van der Waals surface area contributed by atoms with Gasteiger partial charge in [-0.1, -0.05) is 30.3 Å². The summed E-state index contributed by atoms with van der Waals surface area (Å²) >= 11 is 0. The third kappa shape index (κ3) is 6.51. The van der Waals surface area contributed by atoms with Gasteiger partial charge in [-0.3, -0.25) is 0 Å². The number of rotatable bonds is 8. The van der Waals surface area contributed by atoms with Gasteiger partial charge in [-0.25, -0.2) is 9.59 Å². The lowest BCUT2D eigenvalue weighted by atomic mass is 10.2. The first-order chi connectivity index (χ1) is 12.2. The zero-order chi connectivity index (χ0) is 17.9. The molecule has 0 aliphatic carbocycles. The van der Waals surface area contributed by atoms with Crippen LogP contribution in [0.2, 0.25) is 0 Å². The summed E-state index contributed by atoms with van der Waals surface area (Å²) in [5, 5.41) is 0. The molecule has 2 aromatic rings. The standard InChI is InChI=1S/C20H20O5/c1-2-23-19(21)9-6-14-24-20(22)17-10-12-18(13-11-17)25-15-16-7-4-3-5-8-16/h3-13H,2,14-15H2,1H3/b9-6+. The number of esters is 2. The molecule has 2 rings (SSSR count). The van der Waals surface area contributed by atoms with Crippen molar-refractivity contribution in [1.29, 1.82) is 0 Å². The number of benzene rings is 2. The second kappa shape index (κ2) is 9.93. The minimum atomic E-state index is -0.469. The highest BCUT2D eigenvalue weighted by molar-refractivity contribution is 5.89. The van der Waals surface area contributed by atoms with Crippen LogP contribution in [0.1, 0.15) is 22.8 Å². The van der Waals surface area contributed by atoms with Crippen molar-refractivity contribution in [2.24, 2.45) is 0 Å². The minimum Gasteiger partial charge on any atom is -0.489 e. The number of hydrogen-bond donors (Lipinski definition) is 0. The topological polar surface area (TPSA) is 61.8 Å². The third-order valence-corrected chi connectivity index (χ3v) is 3.19. The predicted molar refractivity (Wildman–Crippen MR) is 93.3 cm³/mol. The molecular formula is C20H20O5. The molecule has 0 radical (unpaired) electrons. The van der Waals surface area contributed by atoms with Crippen LogP contribution >= 0.6 is 0 Å². The molecule has 5 heteroatoms. The van der Waals surface area contributed by atoms with E-state index in [1.54, 1.807) is 31.2 Å². The Bertz CT molecular complexity index is 705. The fourth-order valence-electron chi connectivity index (χ4n) is 1.97. The minimum absolute atomic E-state index is 0.00388. The van der Waals surface area contributed by atoms with Gasteiger partial charge in [0.1, 0.15) is 19.0 Å². The van der Waals surface area contributed by atoms with Crippen molar-refractivity contribution in [1.82, 2.24) is 0 Å². The first-order valence-corrected chi connectivity index (χ1v) is 7.96. The number of hydrogen-bond acceptors (Lipinski definition) is 5. The van der Waals surface area contributed by atoms with Gasteiger partial charge in [-0.05, 0) is 42.8 Å². The first kappa shape index (κ1) is 18.3. The lowest BCUT2D eigenvalue weighted by Crippen LogP contribution is -2.06. The van der Waals surface area contributed by atoms with Gasteiger partial charge < -0.3 is 14.2 Å². The van der Waals surface area contributed by atoms with Gasteiger partial charge in [0.2, 0.25) is 0 Å². The van der Waals surface area contributed by atoms with Crippen LogP contribution in [0, 0.1) is 0 Å².